The predicted octanol–water partition coefficient (Wildman–Crippen LogP) is 6.93. The Morgan fingerprint density at radius 1 is 0.875 bits per heavy atom. The molecule has 2 nitrogen and oxygen atoms in total. The fraction of sp³-hybridized carbons (Fsp3) is 0.864. The number of rotatable bonds is 15. The van der Waals surface area contributed by atoms with E-state index in [2.05, 4.69) is 34.3 Å². The third kappa shape index (κ3) is 11.7. The van der Waals surface area contributed by atoms with Gasteiger partial charge in [0.1, 0.15) is 0 Å². The molecule has 0 saturated carbocycles. The fourth-order valence-corrected chi connectivity index (χ4v) is 3.15. The Labute approximate surface area is 151 Å². The molecule has 142 valence electrons. The van der Waals surface area contributed by atoms with Gasteiger partial charge in [-0.1, -0.05) is 92.1 Å². The van der Waals surface area contributed by atoms with E-state index in [1.807, 2.05) is 0 Å². The lowest BCUT2D eigenvalue weighted by molar-refractivity contribution is -0.139. The van der Waals surface area contributed by atoms with Crippen molar-refractivity contribution in [1.29, 1.82) is 0 Å². The minimum Gasteiger partial charge on any atom is -0.462 e. The molecule has 0 amide bonds. The first-order valence-electron chi connectivity index (χ1n) is 10.2. The molecule has 0 saturated heterocycles. The van der Waals surface area contributed by atoms with Crippen LogP contribution >= 0.6 is 0 Å². The fourth-order valence-electron chi connectivity index (χ4n) is 3.15. The van der Waals surface area contributed by atoms with Crippen LogP contribution in [-0.2, 0) is 9.53 Å². The van der Waals surface area contributed by atoms with E-state index in [1.165, 1.54) is 57.8 Å². The molecule has 0 bridgehead atoms. The molecule has 2 heteroatoms. The Morgan fingerprint density at radius 3 is 1.92 bits per heavy atom. The van der Waals surface area contributed by atoms with Crippen molar-refractivity contribution in [2.45, 2.75) is 98.8 Å². The number of carbonyl (C=O) groups excluding carboxylic acids is 1. The van der Waals surface area contributed by atoms with Crippen molar-refractivity contribution < 1.29 is 9.53 Å². The molecular weight excluding hydrogens is 296 g/mol. The largest absolute Gasteiger partial charge is 0.462 e. The van der Waals surface area contributed by atoms with E-state index in [0.29, 0.717) is 24.0 Å². The first kappa shape index (κ1) is 23.2. The molecule has 24 heavy (non-hydrogen) atoms. The Balaban J connectivity index is 3.71. The summed E-state index contributed by atoms with van der Waals surface area (Å²) in [5.41, 5.74) is 0.485. The van der Waals surface area contributed by atoms with Gasteiger partial charge < -0.3 is 4.74 Å². The lowest BCUT2D eigenvalue weighted by atomic mass is 9.81. The van der Waals surface area contributed by atoms with E-state index in [4.69, 9.17) is 4.74 Å². The summed E-state index contributed by atoms with van der Waals surface area (Å²) in [6.45, 7) is 15.1. The summed E-state index contributed by atoms with van der Waals surface area (Å²) in [6.07, 6.45) is 13.4. The first-order valence-corrected chi connectivity index (χ1v) is 10.2. The van der Waals surface area contributed by atoms with Gasteiger partial charge in [0.15, 0.2) is 0 Å². The zero-order chi connectivity index (χ0) is 18.4. The molecule has 0 aromatic heterocycles. The van der Waals surface area contributed by atoms with Crippen LogP contribution in [0, 0.1) is 17.8 Å². The second-order valence-electron chi connectivity index (χ2n) is 7.78. The van der Waals surface area contributed by atoms with E-state index < -0.39 is 0 Å². The molecule has 0 fully saturated rings. The summed E-state index contributed by atoms with van der Waals surface area (Å²) in [5, 5.41) is 0. The van der Waals surface area contributed by atoms with Crippen molar-refractivity contribution in [2.24, 2.45) is 17.8 Å². The lowest BCUT2D eigenvalue weighted by Crippen LogP contribution is -2.19. The first-order chi connectivity index (χ1) is 11.4. The normalized spacial score (nSPS) is 14.9. The summed E-state index contributed by atoms with van der Waals surface area (Å²) in [4.78, 5) is 11.4. The highest BCUT2D eigenvalue weighted by molar-refractivity contribution is 5.86. The van der Waals surface area contributed by atoms with Crippen LogP contribution in [0.2, 0.25) is 0 Å². The van der Waals surface area contributed by atoms with E-state index in [9.17, 15) is 4.79 Å². The molecule has 0 aromatic carbocycles. The molecule has 0 heterocycles. The van der Waals surface area contributed by atoms with Crippen molar-refractivity contribution >= 4 is 5.97 Å². The van der Waals surface area contributed by atoms with Crippen LogP contribution in [0.25, 0.3) is 0 Å². The predicted molar refractivity (Wildman–Crippen MR) is 105 cm³/mol. The Morgan fingerprint density at radius 2 is 1.38 bits per heavy atom. The second kappa shape index (κ2) is 14.5. The molecule has 0 aliphatic heterocycles. The number of hydrogen-bond acceptors (Lipinski definition) is 2. The van der Waals surface area contributed by atoms with E-state index in [-0.39, 0.29) is 5.97 Å². The second-order valence-corrected chi connectivity index (χ2v) is 7.78. The zero-order valence-corrected chi connectivity index (χ0v) is 17.0. The van der Waals surface area contributed by atoms with Crippen LogP contribution in [0.4, 0.5) is 0 Å². The highest BCUT2D eigenvalue weighted by atomic mass is 16.5. The molecule has 0 aliphatic rings. The molecule has 0 N–H and O–H groups in total. The maximum atomic E-state index is 11.4. The van der Waals surface area contributed by atoms with Gasteiger partial charge in [0, 0.05) is 5.57 Å². The van der Waals surface area contributed by atoms with Crippen LogP contribution < -0.4 is 0 Å². The van der Waals surface area contributed by atoms with Gasteiger partial charge in [0.2, 0.25) is 0 Å². The molecule has 0 spiro atoms. The maximum Gasteiger partial charge on any atom is 0.333 e. The monoisotopic (exact) mass is 338 g/mol. The molecule has 3 atom stereocenters. The van der Waals surface area contributed by atoms with Gasteiger partial charge in [-0.3, -0.25) is 0 Å². The minimum atomic E-state index is -0.262. The summed E-state index contributed by atoms with van der Waals surface area (Å²) in [5.74, 6) is 1.75. The van der Waals surface area contributed by atoms with Gasteiger partial charge in [0.25, 0.3) is 0 Å². The van der Waals surface area contributed by atoms with Crippen LogP contribution in [-0.4, -0.2) is 12.6 Å². The average molecular weight is 339 g/mol. The van der Waals surface area contributed by atoms with Gasteiger partial charge in [-0.05, 0) is 31.1 Å². The summed E-state index contributed by atoms with van der Waals surface area (Å²) in [6, 6.07) is 0. The van der Waals surface area contributed by atoms with Crippen molar-refractivity contribution in [1.82, 2.24) is 0 Å². The molecule has 0 aliphatic carbocycles. The van der Waals surface area contributed by atoms with Crippen LogP contribution in [0.15, 0.2) is 12.2 Å². The number of ether oxygens (including phenoxy) is 1. The average Bonchev–Trinajstić information content (AvgIpc) is 2.55. The maximum absolute atomic E-state index is 11.4. The lowest BCUT2D eigenvalue weighted by Gasteiger charge is -2.26. The molecule has 0 radical (unpaired) electrons. The van der Waals surface area contributed by atoms with Gasteiger partial charge in [-0.15, -0.1) is 0 Å². The van der Waals surface area contributed by atoms with Gasteiger partial charge in [-0.25, -0.2) is 4.79 Å². The summed E-state index contributed by atoms with van der Waals surface area (Å²) >= 11 is 0. The summed E-state index contributed by atoms with van der Waals surface area (Å²) in [7, 11) is 0. The summed E-state index contributed by atoms with van der Waals surface area (Å²) < 4.78 is 5.22. The van der Waals surface area contributed by atoms with E-state index in [0.717, 1.165) is 12.3 Å². The SMILES string of the molecule is C=C(C)C(=O)OCCC(C)C(C)C(C)CCCCCCCCCC. The van der Waals surface area contributed by atoms with Gasteiger partial charge >= 0.3 is 5.97 Å². The van der Waals surface area contributed by atoms with E-state index >= 15 is 0 Å². The van der Waals surface area contributed by atoms with Gasteiger partial charge in [-0.2, -0.15) is 0 Å². The molecular formula is C22H42O2. The number of esters is 1. The van der Waals surface area contributed by atoms with Crippen molar-refractivity contribution in [2.75, 3.05) is 6.61 Å². The number of carbonyl (C=O) groups is 1. The number of hydrogen-bond donors (Lipinski definition) is 0. The third-order valence-electron chi connectivity index (χ3n) is 5.46. The third-order valence-corrected chi connectivity index (χ3v) is 5.46. The number of unbranched alkanes of at least 4 members (excludes halogenated alkanes) is 7. The smallest absolute Gasteiger partial charge is 0.333 e. The Hall–Kier alpha value is -0.790. The minimum absolute atomic E-state index is 0.262. The molecule has 3 unspecified atom stereocenters. The molecule has 0 aromatic rings. The quantitative estimate of drug-likeness (QED) is 0.184. The highest BCUT2D eigenvalue weighted by Crippen LogP contribution is 2.27. The highest BCUT2D eigenvalue weighted by Gasteiger charge is 2.19. The Kier molecular flexibility index (Phi) is 14.1. The molecule has 0 rings (SSSR count). The van der Waals surface area contributed by atoms with Crippen molar-refractivity contribution in [3.8, 4) is 0 Å². The zero-order valence-electron chi connectivity index (χ0n) is 17.0. The van der Waals surface area contributed by atoms with Crippen molar-refractivity contribution in [3.63, 3.8) is 0 Å². The van der Waals surface area contributed by atoms with Crippen LogP contribution in [0.1, 0.15) is 98.8 Å². The standard InChI is InChI=1S/C22H42O2/c1-7-8-9-10-11-12-13-14-15-19(4)21(6)20(5)16-17-24-22(23)18(2)3/h19-21H,2,7-17H2,1,3-6H3. The van der Waals surface area contributed by atoms with E-state index in [1.54, 1.807) is 6.92 Å². The van der Waals surface area contributed by atoms with Crippen LogP contribution in [0.3, 0.4) is 0 Å². The van der Waals surface area contributed by atoms with Crippen molar-refractivity contribution in [3.05, 3.63) is 12.2 Å². The Bertz CT molecular complexity index is 335. The van der Waals surface area contributed by atoms with Gasteiger partial charge in [0.05, 0.1) is 6.61 Å². The van der Waals surface area contributed by atoms with Crippen LogP contribution in [0.5, 0.6) is 0 Å². The topological polar surface area (TPSA) is 26.3 Å².